The molecule has 2 unspecified atom stereocenters. The highest BCUT2D eigenvalue weighted by atomic mass is 32.2. The first-order valence-corrected chi connectivity index (χ1v) is 35.5. The van der Waals surface area contributed by atoms with Crippen LogP contribution in [0.5, 0.6) is 0 Å². The molecule has 88 heavy (non-hydrogen) atoms. The number of carbonyl (C=O) groups is 3. The Labute approximate surface area is 499 Å². The molecule has 0 fully saturated rings. The van der Waals surface area contributed by atoms with E-state index in [0.29, 0.717) is 36.4 Å². The summed E-state index contributed by atoms with van der Waals surface area (Å²) in [7, 11) is -42.0. The van der Waals surface area contributed by atoms with Crippen molar-refractivity contribution in [1.29, 1.82) is 0 Å². The van der Waals surface area contributed by atoms with Crippen LogP contribution in [0, 0.1) is 11.8 Å². The third-order valence-corrected chi connectivity index (χ3v) is 20.4. The molecule has 0 radical (unpaired) electrons. The van der Waals surface area contributed by atoms with Gasteiger partial charge in [0.15, 0.2) is 0 Å². The highest BCUT2D eigenvalue weighted by Gasteiger charge is 2.31. The molecule has 4 amide bonds. The zero-order valence-corrected chi connectivity index (χ0v) is 50.5. The van der Waals surface area contributed by atoms with Crippen LogP contribution in [0.25, 0.3) is 21.5 Å². The summed E-state index contributed by atoms with van der Waals surface area (Å²) >= 11 is 0. The third-order valence-electron chi connectivity index (χ3n) is 12.6. The number of nitrogens with one attached hydrogen (secondary N) is 4. The summed E-state index contributed by atoms with van der Waals surface area (Å²) in [6.45, 7) is 3.01. The van der Waals surface area contributed by atoms with E-state index < -0.39 is 183 Å². The lowest BCUT2D eigenvalue weighted by atomic mass is 10.0. The van der Waals surface area contributed by atoms with Gasteiger partial charge in [-0.2, -0.15) is 50.5 Å². The van der Waals surface area contributed by atoms with Crippen molar-refractivity contribution in [3.63, 3.8) is 0 Å². The molecule has 2 atom stereocenters. The average Bonchev–Trinajstić information content (AvgIpc) is 2.31. The minimum absolute atomic E-state index is 0.00930. The highest BCUT2D eigenvalue weighted by molar-refractivity contribution is 7.97. The Morgan fingerprint density at radius 1 is 0.420 bits per heavy atom. The molecule has 0 aromatic heterocycles. The van der Waals surface area contributed by atoms with Gasteiger partial charge < -0.3 is 10.6 Å². The maximum Gasteiger partial charge on any atom is 0.323 e. The number of urea groups is 1. The number of allylic oxidation sites excluding steroid dienone is 6. The van der Waals surface area contributed by atoms with Crippen LogP contribution in [0.4, 0.5) is 27.5 Å². The molecule has 0 heterocycles. The Morgan fingerprint density at radius 3 is 1.05 bits per heavy atom. The van der Waals surface area contributed by atoms with Crippen molar-refractivity contribution < 1.29 is 109 Å². The maximum atomic E-state index is 13.9. The van der Waals surface area contributed by atoms with E-state index in [4.69, 9.17) is 0 Å². The van der Waals surface area contributed by atoms with Gasteiger partial charge in [0, 0.05) is 45.1 Å². The van der Waals surface area contributed by atoms with E-state index in [1.54, 1.807) is 0 Å². The monoisotopic (exact) mass is 1370 g/mol. The van der Waals surface area contributed by atoms with Gasteiger partial charge in [0.2, 0.25) is 0 Å². The smallest absolute Gasteiger partial charge is 0.308 e. The van der Waals surface area contributed by atoms with Crippen LogP contribution in [0.2, 0.25) is 0 Å². The summed E-state index contributed by atoms with van der Waals surface area (Å²) in [5, 5.41) is 1.90. The van der Waals surface area contributed by atoms with Crippen molar-refractivity contribution in [2.75, 3.05) is 20.1 Å². The first-order valence-electron chi connectivity index (χ1n) is 23.9. The van der Waals surface area contributed by atoms with Gasteiger partial charge in [0.25, 0.3) is 92.6 Å². The Kier molecular flexibility index (Phi) is 17.4. The number of carbonyl (C=O) groups excluding carboxylic acids is 3. The van der Waals surface area contributed by atoms with Gasteiger partial charge in [0.05, 0.1) is 52.2 Å². The lowest BCUT2D eigenvalue weighted by molar-refractivity contribution is 0.0994. The molecule has 0 spiro atoms. The fourth-order valence-corrected chi connectivity index (χ4v) is 14.5. The number of sulfonamides is 2. The molecule has 2 aliphatic rings. The Morgan fingerprint density at radius 2 is 0.739 bits per heavy atom. The number of nitrogens with zero attached hydrogens (tertiary/aromatic N) is 2. The molecule has 2 aliphatic carbocycles. The van der Waals surface area contributed by atoms with Crippen molar-refractivity contribution in [1.82, 2.24) is 0 Å². The van der Waals surface area contributed by atoms with Gasteiger partial charge in [-0.1, -0.05) is 38.1 Å². The summed E-state index contributed by atoms with van der Waals surface area (Å²) in [4.78, 5) is 40.0. The molecule has 0 bridgehead atoms. The van der Waals surface area contributed by atoms with Gasteiger partial charge in [-0.25, -0.2) is 31.6 Å². The molecular weight excluding hydrogens is 1330 g/mol. The molecule has 31 nitrogen and oxygen atoms in total. The topological polar surface area (TPSA) is 519 Å². The van der Waals surface area contributed by atoms with E-state index in [2.05, 4.69) is 20.6 Å². The van der Waals surface area contributed by atoms with Crippen molar-refractivity contribution >= 4 is 154 Å². The highest BCUT2D eigenvalue weighted by Crippen LogP contribution is 2.39. The third kappa shape index (κ3) is 14.8. The molecule has 464 valence electrons. The van der Waals surface area contributed by atoms with Gasteiger partial charge in [-0.3, -0.25) is 46.3 Å². The molecule has 10 N–H and O–H groups in total. The Balaban J connectivity index is 0.994. The van der Waals surface area contributed by atoms with Crippen LogP contribution >= 0.6 is 0 Å². The quantitative estimate of drug-likeness (QED) is 0.0546. The number of aliphatic imine (C=N–C) groups is 2. The Bertz CT molecular complexity index is 4940. The van der Waals surface area contributed by atoms with Gasteiger partial charge in [-0.15, -0.1) is 0 Å². The van der Waals surface area contributed by atoms with Crippen molar-refractivity contribution in [3.8, 4) is 0 Å². The van der Waals surface area contributed by atoms with Gasteiger partial charge in [0.1, 0.15) is 9.79 Å². The first kappa shape index (κ1) is 65.7. The molecule has 6 aromatic carbocycles. The normalized spacial score (nSPS) is 17.1. The second kappa shape index (κ2) is 23.3. The molecule has 0 saturated carbocycles. The molecule has 0 aliphatic heterocycles. The van der Waals surface area contributed by atoms with E-state index in [1.807, 2.05) is 9.44 Å². The molecule has 39 heteroatoms. The van der Waals surface area contributed by atoms with Crippen LogP contribution in [0.15, 0.2) is 183 Å². The van der Waals surface area contributed by atoms with Crippen molar-refractivity contribution in [2.45, 2.75) is 43.2 Å². The fraction of sp³-hybridized carbons (Fsp3) is 0.0816. The zero-order chi connectivity index (χ0) is 65.2. The number of amides is 4. The largest absolute Gasteiger partial charge is 0.323 e. The number of fused-ring (bicyclic) bond motifs is 2. The van der Waals surface area contributed by atoms with Crippen LogP contribution in [0.3, 0.4) is 0 Å². The number of hydrogen-bond acceptors (Lipinski definition) is 19. The van der Waals surface area contributed by atoms with E-state index in [0.717, 1.165) is 24.3 Å². The number of benzene rings is 6. The predicted molar refractivity (Wildman–Crippen MR) is 314 cm³/mol. The van der Waals surface area contributed by atoms with Crippen LogP contribution in [-0.2, 0) is 80.8 Å². The van der Waals surface area contributed by atoms with Crippen LogP contribution in [-0.4, -0.2) is 124 Å². The summed E-state index contributed by atoms with van der Waals surface area (Å²) in [6, 6.07) is 12.9. The zero-order valence-electron chi connectivity index (χ0n) is 44.0. The first-order chi connectivity index (χ1) is 40.4. The second-order valence-corrected chi connectivity index (χ2v) is 30.7. The lowest BCUT2D eigenvalue weighted by Crippen LogP contribution is -2.21. The summed E-state index contributed by atoms with van der Waals surface area (Å²) < 4.78 is 265. The van der Waals surface area contributed by atoms with Gasteiger partial charge >= 0.3 is 6.03 Å². The fourth-order valence-electron chi connectivity index (χ4n) is 8.46. The van der Waals surface area contributed by atoms with Crippen LogP contribution < -0.4 is 20.1 Å². The van der Waals surface area contributed by atoms with E-state index >= 15 is 0 Å². The van der Waals surface area contributed by atoms with Crippen molar-refractivity contribution in [2.24, 2.45) is 21.8 Å². The minimum atomic E-state index is -5.48. The number of anilines is 4. The summed E-state index contributed by atoms with van der Waals surface area (Å²) in [5.74, 6) is -3.51. The predicted octanol–water partition coefficient (Wildman–Crippen LogP) is 5.34. The number of rotatable bonds is 16. The van der Waals surface area contributed by atoms with E-state index in [1.165, 1.54) is 74.5 Å². The molecule has 0 saturated heterocycles. The van der Waals surface area contributed by atoms with E-state index in [-0.39, 0.29) is 46.1 Å². The molecular formula is C49H40N6O25S8. The van der Waals surface area contributed by atoms with Crippen molar-refractivity contribution in [3.05, 3.63) is 154 Å². The molecule has 8 rings (SSSR count). The maximum absolute atomic E-state index is 13.9. The van der Waals surface area contributed by atoms with E-state index in [9.17, 15) is 109 Å². The SMILES string of the molecule is CC1C=CC(S(=O)(=O)Nc2cc(S(=O)(=O)O)cc3cc(S(=O)(=O)O)cc(S(=O)(=O)O)c23)=CC1=NC(=O)c1cccc(NC(=O)Nc2cccc(C(=O)N=C3C=C(S(=O)(=O)Nc4cc(S(=O)(=O)O)cc5cc(S(=O)(=O)O)cc(S(=O)(=O)O)c45)C=CC3C)c2)c1. The second-order valence-electron chi connectivity index (χ2n) is 18.9. The minimum Gasteiger partial charge on any atom is -0.308 e. The average molecular weight is 1370 g/mol. The van der Waals surface area contributed by atoms with Crippen LogP contribution in [0.1, 0.15) is 34.6 Å². The van der Waals surface area contributed by atoms with Gasteiger partial charge in [-0.05, 0) is 120 Å². The summed E-state index contributed by atoms with van der Waals surface area (Å²) in [6.07, 6.45) is 6.44. The standard InChI is InChI=1S/C49H40N6O25S8/c1-25-9-11-33(81(59,60)54-41-21-35(83(63,64)65)15-29-17-37(85(69,70)71)23-43(45(29)41)87(75,76)77)19-39(25)52-47(56)27-5-3-7-31(13-27)50-49(58)51-32-8-4-6-28(14-32)48(57)53-40-20-34(12-10-26(40)2)82(61,62)55-42-22-36(84(66,67)68)16-30-18-38(86(72,73)74)24-44(46(30)42)88(78,79)80/h3-26,54-55H,1-2H3,(H2,50,51,58)(H,63,64,65)(H,66,67,68)(H,69,70,71)(H,72,73,74)(H,75,76,77)(H,78,79,80). The molecule has 6 aromatic rings. The number of hydrogen-bond donors (Lipinski definition) is 10. The summed E-state index contributed by atoms with van der Waals surface area (Å²) in [5.41, 5.74) is -2.60. The lowest BCUT2D eigenvalue weighted by Gasteiger charge is -2.18. The Hall–Kier alpha value is -8.29.